The van der Waals surface area contributed by atoms with Gasteiger partial charge in [-0.3, -0.25) is 14.4 Å². The number of benzene rings is 3. The summed E-state index contributed by atoms with van der Waals surface area (Å²) in [6, 6.07) is 16.6. The molecular weight excluding hydrogens is 609 g/mol. The second-order valence-electron chi connectivity index (χ2n) is 11.9. The number of nitrogens with one attached hydrogen (secondary N) is 1. The van der Waals surface area contributed by atoms with Crippen molar-refractivity contribution in [3.8, 4) is 5.69 Å². The molecule has 1 atom stereocenters. The molecule has 1 fully saturated rings. The summed E-state index contributed by atoms with van der Waals surface area (Å²) in [5, 5.41) is 10.9. The SMILES string of the molecule is CC(=O)c1ccc(NC(=O)[C@H]2c3cccc(N4CCC(N(C)C)CC4)c3CCN2C(=O)c2cn(-c3cccc(Cl)c3F)nn2)cc1. The molecule has 0 aliphatic carbocycles. The van der Waals surface area contributed by atoms with Crippen LogP contribution in [0.4, 0.5) is 15.8 Å². The Bertz CT molecular complexity index is 1780. The Morgan fingerprint density at radius 1 is 0.957 bits per heavy atom. The molecule has 3 aromatic carbocycles. The molecule has 3 heterocycles. The van der Waals surface area contributed by atoms with Crippen LogP contribution in [-0.2, 0) is 11.2 Å². The van der Waals surface area contributed by atoms with Gasteiger partial charge in [-0.2, -0.15) is 0 Å². The van der Waals surface area contributed by atoms with Gasteiger partial charge in [0.25, 0.3) is 11.8 Å². The van der Waals surface area contributed by atoms with E-state index in [0.717, 1.165) is 47.4 Å². The predicted octanol–water partition coefficient (Wildman–Crippen LogP) is 5.17. The number of Topliss-reactive ketones (excluding diaryl/α,β-unsaturated/α-hetero) is 1. The van der Waals surface area contributed by atoms with Crippen molar-refractivity contribution >= 4 is 40.6 Å². The number of hydrogen-bond donors (Lipinski definition) is 1. The van der Waals surface area contributed by atoms with E-state index in [1.807, 2.05) is 12.1 Å². The highest BCUT2D eigenvalue weighted by molar-refractivity contribution is 6.30. The number of fused-ring (bicyclic) bond motifs is 1. The lowest BCUT2D eigenvalue weighted by molar-refractivity contribution is -0.121. The fourth-order valence-electron chi connectivity index (χ4n) is 6.37. The number of nitrogens with zero attached hydrogens (tertiary/aromatic N) is 6. The first-order valence-corrected chi connectivity index (χ1v) is 15.6. The standard InChI is InChI=1S/C34H35ClFN7O3/c1-21(44)22-10-12-23(13-11-22)37-33(45)32-26-6-4-8-29(41-17-14-24(15-18-41)40(2)3)25(26)16-19-42(32)34(46)28-20-43(39-38-28)30-9-5-7-27(35)31(30)36/h4-13,20,24,32H,14-19H2,1-3H3,(H,37,45)/t32-/m1/s1. The molecule has 0 saturated carbocycles. The smallest absolute Gasteiger partial charge is 0.277 e. The van der Waals surface area contributed by atoms with E-state index in [1.165, 1.54) is 30.2 Å². The second kappa shape index (κ2) is 13.0. The number of anilines is 2. The number of amides is 2. The number of halogens is 2. The normalized spacial score (nSPS) is 16.8. The highest BCUT2D eigenvalue weighted by atomic mass is 35.5. The van der Waals surface area contributed by atoms with Gasteiger partial charge in [-0.25, -0.2) is 9.07 Å². The summed E-state index contributed by atoms with van der Waals surface area (Å²) in [6.45, 7) is 3.53. The maximum atomic E-state index is 14.7. The molecule has 1 aromatic heterocycles. The van der Waals surface area contributed by atoms with Crippen molar-refractivity contribution in [3.05, 3.63) is 100 Å². The van der Waals surface area contributed by atoms with Crippen molar-refractivity contribution in [1.82, 2.24) is 24.8 Å². The van der Waals surface area contributed by atoms with Gasteiger partial charge in [0.1, 0.15) is 11.7 Å². The largest absolute Gasteiger partial charge is 0.371 e. The van der Waals surface area contributed by atoms with Crippen molar-refractivity contribution in [2.24, 2.45) is 0 Å². The monoisotopic (exact) mass is 643 g/mol. The Labute approximate surface area is 271 Å². The number of carbonyl (C=O) groups is 3. The zero-order valence-electron chi connectivity index (χ0n) is 25.9. The van der Waals surface area contributed by atoms with Gasteiger partial charge in [0, 0.05) is 42.6 Å². The minimum atomic E-state index is -0.976. The van der Waals surface area contributed by atoms with Gasteiger partial charge in [0.05, 0.1) is 11.2 Å². The molecule has 0 spiro atoms. The quantitative estimate of drug-likeness (QED) is 0.277. The summed E-state index contributed by atoms with van der Waals surface area (Å²) in [7, 11) is 4.22. The number of piperidine rings is 1. The maximum absolute atomic E-state index is 14.7. The summed E-state index contributed by atoms with van der Waals surface area (Å²) in [5.41, 5.74) is 3.89. The van der Waals surface area contributed by atoms with Gasteiger partial charge in [-0.05, 0) is 93.9 Å². The van der Waals surface area contributed by atoms with Gasteiger partial charge in [0.2, 0.25) is 0 Å². The maximum Gasteiger partial charge on any atom is 0.277 e. The fraction of sp³-hybridized carbons (Fsp3) is 0.324. The third kappa shape index (κ3) is 6.12. The Hall–Kier alpha value is -4.61. The molecule has 4 aromatic rings. The number of hydrogen-bond acceptors (Lipinski definition) is 7. The van der Waals surface area contributed by atoms with Crippen LogP contribution in [0.1, 0.15) is 57.8 Å². The van der Waals surface area contributed by atoms with E-state index in [1.54, 1.807) is 30.3 Å². The summed E-state index contributed by atoms with van der Waals surface area (Å²) < 4.78 is 15.9. The molecule has 1 N–H and O–H groups in total. The van der Waals surface area contributed by atoms with Crippen molar-refractivity contribution < 1.29 is 18.8 Å². The summed E-state index contributed by atoms with van der Waals surface area (Å²) in [5.74, 6) is -1.68. The lowest BCUT2D eigenvalue weighted by Gasteiger charge is -2.41. The molecule has 238 valence electrons. The van der Waals surface area contributed by atoms with Crippen molar-refractivity contribution in [3.63, 3.8) is 0 Å². The average molecular weight is 644 g/mol. The molecule has 6 rings (SSSR count). The van der Waals surface area contributed by atoms with E-state index >= 15 is 0 Å². The van der Waals surface area contributed by atoms with Gasteiger partial charge in [-0.15, -0.1) is 5.10 Å². The molecule has 0 radical (unpaired) electrons. The molecule has 2 aliphatic heterocycles. The third-order valence-electron chi connectivity index (χ3n) is 8.89. The van der Waals surface area contributed by atoms with Crippen molar-refractivity contribution in [1.29, 1.82) is 0 Å². The van der Waals surface area contributed by atoms with Crippen LogP contribution in [0.25, 0.3) is 5.69 Å². The first-order chi connectivity index (χ1) is 22.1. The number of aromatic nitrogens is 3. The van der Waals surface area contributed by atoms with Gasteiger partial charge >= 0.3 is 0 Å². The summed E-state index contributed by atoms with van der Waals surface area (Å²) >= 11 is 5.96. The lowest BCUT2D eigenvalue weighted by atomic mass is 9.89. The number of rotatable bonds is 7. The Balaban J connectivity index is 1.34. The van der Waals surface area contributed by atoms with Crippen molar-refractivity contribution in [2.45, 2.75) is 38.3 Å². The second-order valence-corrected chi connectivity index (χ2v) is 12.3. The lowest BCUT2D eigenvalue weighted by Crippen LogP contribution is -2.46. The number of carbonyl (C=O) groups excluding carboxylic acids is 3. The fourth-order valence-corrected chi connectivity index (χ4v) is 6.54. The highest BCUT2D eigenvalue weighted by Gasteiger charge is 2.39. The molecule has 10 nitrogen and oxygen atoms in total. The predicted molar refractivity (Wildman–Crippen MR) is 174 cm³/mol. The molecule has 46 heavy (non-hydrogen) atoms. The Kier molecular flexibility index (Phi) is 8.88. The van der Waals surface area contributed by atoms with Gasteiger partial charge < -0.3 is 20.0 Å². The third-order valence-corrected chi connectivity index (χ3v) is 9.18. The van der Waals surface area contributed by atoms with E-state index in [0.29, 0.717) is 23.7 Å². The van der Waals surface area contributed by atoms with Crippen LogP contribution in [0.5, 0.6) is 0 Å². The zero-order chi connectivity index (χ0) is 32.5. The number of ketones is 1. The molecule has 12 heteroatoms. The van der Waals surface area contributed by atoms with E-state index in [4.69, 9.17) is 11.6 Å². The summed E-state index contributed by atoms with van der Waals surface area (Å²) in [4.78, 5) is 46.1. The van der Waals surface area contributed by atoms with E-state index in [-0.39, 0.29) is 28.7 Å². The molecule has 2 amide bonds. The molecule has 2 aliphatic rings. The topological polar surface area (TPSA) is 104 Å². The van der Waals surface area contributed by atoms with E-state index in [9.17, 15) is 18.8 Å². The molecule has 0 unspecified atom stereocenters. The minimum Gasteiger partial charge on any atom is -0.371 e. The van der Waals surface area contributed by atoms with Crippen LogP contribution in [0, 0.1) is 5.82 Å². The summed E-state index contributed by atoms with van der Waals surface area (Å²) in [6.07, 6.45) is 3.95. The first-order valence-electron chi connectivity index (χ1n) is 15.2. The Morgan fingerprint density at radius 2 is 1.65 bits per heavy atom. The Morgan fingerprint density at radius 3 is 2.35 bits per heavy atom. The zero-order valence-corrected chi connectivity index (χ0v) is 26.7. The van der Waals surface area contributed by atoms with Gasteiger partial charge in [0.15, 0.2) is 17.3 Å². The van der Waals surface area contributed by atoms with E-state index in [2.05, 4.69) is 45.6 Å². The van der Waals surface area contributed by atoms with Crippen LogP contribution in [0.3, 0.4) is 0 Å². The van der Waals surface area contributed by atoms with Gasteiger partial charge in [-0.1, -0.05) is 35.0 Å². The highest BCUT2D eigenvalue weighted by Crippen LogP contribution is 2.38. The van der Waals surface area contributed by atoms with E-state index < -0.39 is 23.7 Å². The average Bonchev–Trinajstić information content (AvgIpc) is 3.55. The van der Waals surface area contributed by atoms with Crippen LogP contribution >= 0.6 is 11.6 Å². The molecule has 0 bridgehead atoms. The minimum absolute atomic E-state index is 0.0339. The first kappa shape index (κ1) is 31.4. The molecular formula is C34H35ClFN7O3. The van der Waals surface area contributed by atoms with Crippen molar-refractivity contribution in [2.75, 3.05) is 43.9 Å². The van der Waals surface area contributed by atoms with Crippen LogP contribution < -0.4 is 10.2 Å². The molecule has 1 saturated heterocycles. The van der Waals surface area contributed by atoms with Crippen LogP contribution in [0.15, 0.2) is 66.9 Å². The van der Waals surface area contributed by atoms with Crippen LogP contribution in [0.2, 0.25) is 5.02 Å². The van der Waals surface area contributed by atoms with Crippen LogP contribution in [-0.4, -0.2) is 82.2 Å².